The van der Waals surface area contributed by atoms with E-state index >= 15 is 0 Å². The van der Waals surface area contributed by atoms with Gasteiger partial charge in [0.05, 0.1) is 20.3 Å². The zero-order valence-corrected chi connectivity index (χ0v) is 12.2. The second kappa shape index (κ2) is 5.74. The summed E-state index contributed by atoms with van der Waals surface area (Å²) in [4.78, 5) is 0. The van der Waals surface area contributed by atoms with Gasteiger partial charge in [-0.3, -0.25) is 0 Å². The molecule has 1 atom stereocenters. The predicted molar refractivity (Wildman–Crippen MR) is 79.5 cm³/mol. The van der Waals surface area contributed by atoms with E-state index in [1.807, 2.05) is 12.1 Å². The molecule has 110 valence electrons. The minimum Gasteiger partial charge on any atom is -0.497 e. The molecule has 0 radical (unpaired) electrons. The SMILES string of the molecule is COc1ccc2c(c1)CCNC2c1cc(F)ccc1OC. The van der Waals surface area contributed by atoms with Crippen molar-refractivity contribution in [3.63, 3.8) is 0 Å². The van der Waals surface area contributed by atoms with Gasteiger partial charge in [-0.05, 0) is 47.9 Å². The number of hydrogen-bond acceptors (Lipinski definition) is 3. The molecule has 2 aromatic rings. The molecule has 0 bridgehead atoms. The number of nitrogens with one attached hydrogen (secondary N) is 1. The molecule has 21 heavy (non-hydrogen) atoms. The molecule has 0 aliphatic carbocycles. The van der Waals surface area contributed by atoms with Crippen LogP contribution in [0.1, 0.15) is 22.7 Å². The minimum atomic E-state index is -0.256. The Morgan fingerprint density at radius 3 is 2.67 bits per heavy atom. The maximum atomic E-state index is 13.6. The van der Waals surface area contributed by atoms with E-state index in [1.54, 1.807) is 20.3 Å². The standard InChI is InChI=1S/C17H18FNO2/c1-20-13-4-5-14-11(9-13)7-8-19-17(14)15-10-12(18)3-6-16(15)21-2/h3-6,9-10,17,19H,7-8H2,1-2H3. The molecule has 4 heteroatoms. The predicted octanol–water partition coefficient (Wildman–Crippen LogP) is 3.08. The van der Waals surface area contributed by atoms with Crippen molar-refractivity contribution in [2.75, 3.05) is 20.8 Å². The van der Waals surface area contributed by atoms with Gasteiger partial charge in [-0.15, -0.1) is 0 Å². The van der Waals surface area contributed by atoms with Gasteiger partial charge in [0.2, 0.25) is 0 Å². The minimum absolute atomic E-state index is 0.0645. The van der Waals surface area contributed by atoms with Gasteiger partial charge in [0.25, 0.3) is 0 Å². The van der Waals surface area contributed by atoms with E-state index in [4.69, 9.17) is 9.47 Å². The molecule has 0 saturated heterocycles. The third-order valence-electron chi connectivity index (χ3n) is 3.91. The molecule has 0 saturated carbocycles. The lowest BCUT2D eigenvalue weighted by Crippen LogP contribution is -2.30. The van der Waals surface area contributed by atoms with E-state index in [2.05, 4.69) is 11.4 Å². The topological polar surface area (TPSA) is 30.5 Å². The quantitative estimate of drug-likeness (QED) is 0.941. The van der Waals surface area contributed by atoms with E-state index in [0.717, 1.165) is 29.8 Å². The summed E-state index contributed by atoms with van der Waals surface area (Å²) < 4.78 is 24.3. The monoisotopic (exact) mass is 287 g/mol. The molecule has 0 aromatic heterocycles. The fourth-order valence-electron chi connectivity index (χ4n) is 2.88. The molecule has 1 N–H and O–H groups in total. The second-order valence-corrected chi connectivity index (χ2v) is 5.09. The molecular formula is C17H18FNO2. The average Bonchev–Trinajstić information content (AvgIpc) is 2.53. The maximum absolute atomic E-state index is 13.6. The summed E-state index contributed by atoms with van der Waals surface area (Å²) in [6.07, 6.45) is 0.931. The lowest BCUT2D eigenvalue weighted by molar-refractivity contribution is 0.399. The summed E-state index contributed by atoms with van der Waals surface area (Å²) in [5, 5.41) is 3.44. The van der Waals surface area contributed by atoms with Crippen LogP contribution in [0, 0.1) is 5.82 Å². The van der Waals surface area contributed by atoms with Gasteiger partial charge in [0.15, 0.2) is 0 Å². The molecular weight excluding hydrogens is 269 g/mol. The van der Waals surface area contributed by atoms with Gasteiger partial charge >= 0.3 is 0 Å². The van der Waals surface area contributed by atoms with Crippen LogP contribution in [-0.4, -0.2) is 20.8 Å². The van der Waals surface area contributed by atoms with Gasteiger partial charge in [0, 0.05) is 12.1 Å². The highest BCUT2D eigenvalue weighted by atomic mass is 19.1. The Balaban J connectivity index is 2.08. The van der Waals surface area contributed by atoms with Crippen LogP contribution in [0.25, 0.3) is 0 Å². The second-order valence-electron chi connectivity index (χ2n) is 5.09. The van der Waals surface area contributed by atoms with Crippen LogP contribution in [0.3, 0.4) is 0 Å². The summed E-state index contributed by atoms with van der Waals surface area (Å²) in [6.45, 7) is 0.838. The average molecular weight is 287 g/mol. The van der Waals surface area contributed by atoms with Gasteiger partial charge in [-0.1, -0.05) is 6.07 Å². The summed E-state index contributed by atoms with van der Waals surface area (Å²) in [5.41, 5.74) is 3.19. The number of hydrogen-bond donors (Lipinski definition) is 1. The van der Waals surface area contributed by atoms with Crippen molar-refractivity contribution in [3.8, 4) is 11.5 Å². The Morgan fingerprint density at radius 1 is 1.05 bits per heavy atom. The zero-order chi connectivity index (χ0) is 14.8. The first-order valence-corrected chi connectivity index (χ1v) is 6.96. The van der Waals surface area contributed by atoms with Crippen molar-refractivity contribution in [1.29, 1.82) is 0 Å². The molecule has 3 rings (SSSR count). The maximum Gasteiger partial charge on any atom is 0.124 e. The van der Waals surface area contributed by atoms with Crippen LogP contribution in [0.5, 0.6) is 11.5 Å². The summed E-state index contributed by atoms with van der Waals surface area (Å²) in [5.74, 6) is 1.28. The normalized spacial score (nSPS) is 17.2. The van der Waals surface area contributed by atoms with Crippen LogP contribution in [0.15, 0.2) is 36.4 Å². The molecule has 1 unspecified atom stereocenters. The van der Waals surface area contributed by atoms with Crippen LogP contribution < -0.4 is 14.8 Å². The number of halogens is 1. The van der Waals surface area contributed by atoms with Gasteiger partial charge < -0.3 is 14.8 Å². The number of methoxy groups -OCH3 is 2. The first-order valence-electron chi connectivity index (χ1n) is 6.96. The van der Waals surface area contributed by atoms with Crippen molar-refractivity contribution in [3.05, 3.63) is 58.9 Å². The lowest BCUT2D eigenvalue weighted by atomic mass is 9.89. The summed E-state index contributed by atoms with van der Waals surface area (Å²) in [7, 11) is 3.27. The molecule has 1 aliphatic heterocycles. The van der Waals surface area contributed by atoms with Gasteiger partial charge in [-0.25, -0.2) is 4.39 Å². The number of fused-ring (bicyclic) bond motifs is 1. The highest BCUT2D eigenvalue weighted by Crippen LogP contribution is 2.35. The molecule has 0 spiro atoms. The molecule has 1 heterocycles. The van der Waals surface area contributed by atoms with E-state index < -0.39 is 0 Å². The van der Waals surface area contributed by atoms with Crippen LogP contribution >= 0.6 is 0 Å². The third-order valence-corrected chi connectivity index (χ3v) is 3.91. The molecule has 2 aromatic carbocycles. The first kappa shape index (κ1) is 13.9. The Labute approximate surface area is 123 Å². The van der Waals surface area contributed by atoms with Gasteiger partial charge in [0.1, 0.15) is 17.3 Å². The number of ether oxygens (including phenoxy) is 2. The molecule has 3 nitrogen and oxygen atoms in total. The Bertz CT molecular complexity index is 657. The van der Waals surface area contributed by atoms with Crippen molar-refractivity contribution in [1.82, 2.24) is 5.32 Å². The van der Waals surface area contributed by atoms with E-state index in [9.17, 15) is 4.39 Å². The van der Waals surface area contributed by atoms with Crippen LogP contribution in [-0.2, 0) is 6.42 Å². The van der Waals surface area contributed by atoms with Crippen LogP contribution in [0.2, 0.25) is 0 Å². The Morgan fingerprint density at radius 2 is 1.90 bits per heavy atom. The highest BCUT2D eigenvalue weighted by Gasteiger charge is 2.24. The zero-order valence-electron chi connectivity index (χ0n) is 12.2. The van der Waals surface area contributed by atoms with Crippen LogP contribution in [0.4, 0.5) is 4.39 Å². The summed E-state index contributed by atoms with van der Waals surface area (Å²) in [6, 6.07) is 10.6. The smallest absolute Gasteiger partial charge is 0.124 e. The largest absolute Gasteiger partial charge is 0.497 e. The fourth-order valence-corrected chi connectivity index (χ4v) is 2.88. The summed E-state index contributed by atoms with van der Waals surface area (Å²) >= 11 is 0. The molecule has 0 fully saturated rings. The van der Waals surface area contributed by atoms with Gasteiger partial charge in [-0.2, -0.15) is 0 Å². The Kier molecular flexibility index (Phi) is 3.80. The van der Waals surface area contributed by atoms with Crippen molar-refractivity contribution in [2.45, 2.75) is 12.5 Å². The Hall–Kier alpha value is -2.07. The first-order chi connectivity index (χ1) is 10.2. The van der Waals surface area contributed by atoms with Crippen molar-refractivity contribution in [2.24, 2.45) is 0 Å². The van der Waals surface area contributed by atoms with E-state index in [0.29, 0.717) is 5.75 Å². The third kappa shape index (κ3) is 2.59. The number of rotatable bonds is 3. The van der Waals surface area contributed by atoms with E-state index in [1.165, 1.54) is 17.7 Å². The van der Waals surface area contributed by atoms with Crippen molar-refractivity contribution >= 4 is 0 Å². The highest BCUT2D eigenvalue weighted by molar-refractivity contribution is 5.47. The fraction of sp³-hybridized carbons (Fsp3) is 0.294. The molecule has 0 amide bonds. The van der Waals surface area contributed by atoms with Crippen molar-refractivity contribution < 1.29 is 13.9 Å². The van der Waals surface area contributed by atoms with E-state index in [-0.39, 0.29) is 11.9 Å². The lowest BCUT2D eigenvalue weighted by Gasteiger charge is -2.28. The molecule has 1 aliphatic rings. The number of benzene rings is 2.